The fourth-order valence-corrected chi connectivity index (χ4v) is 13.3. The van der Waals surface area contributed by atoms with Crippen molar-refractivity contribution in [3.8, 4) is 0 Å². The van der Waals surface area contributed by atoms with Gasteiger partial charge in [-0.1, -0.05) is 25.7 Å². The summed E-state index contributed by atoms with van der Waals surface area (Å²) >= 11 is 2.96. The van der Waals surface area contributed by atoms with Crippen molar-refractivity contribution in [3.05, 3.63) is 0 Å². The Morgan fingerprint density at radius 1 is 0.527 bits per heavy atom. The van der Waals surface area contributed by atoms with Gasteiger partial charge in [-0.15, -0.1) is 23.5 Å². The van der Waals surface area contributed by atoms with Crippen LogP contribution in [0.2, 0.25) is 0 Å². The number of ether oxygens (including phenoxy) is 8. The normalized spacial score (nSPS) is 16.8. The summed E-state index contributed by atoms with van der Waals surface area (Å²) in [5.74, 6) is -0.437. The molecule has 8 amide bonds. The molecule has 0 saturated carbocycles. The molecule has 93 heavy (non-hydrogen) atoms. The maximum atomic E-state index is 13.3. The molecule has 0 radical (unpaired) electrons. The minimum atomic E-state index is -0.568. The van der Waals surface area contributed by atoms with Crippen molar-refractivity contribution in [2.75, 3.05) is 118 Å². The lowest BCUT2D eigenvalue weighted by Gasteiger charge is -2.41. The van der Waals surface area contributed by atoms with Crippen molar-refractivity contribution >= 4 is 70.8 Å². The molecule has 22 nitrogen and oxygen atoms in total. The SMILES string of the molecule is CCOC(C)(C)CC(COCCCNC(=O)CCN1C(=O)CC(SCCCCCCN(CCCCCCSC2CC(=O)N(CCC(=O)NCCCOCC(CC(C)(C)OCC(C)(C)OC)C(C)(C)OCC(C)(C)OC)C2=O)C(=O)CCCC(N)=O)C1=O)C(C)(C)OCC. The predicted octanol–water partition coefficient (Wildman–Crippen LogP) is 9.22. The van der Waals surface area contributed by atoms with Crippen molar-refractivity contribution in [2.24, 2.45) is 17.6 Å². The molecular weight excluding hydrogens is 1230 g/mol. The number of nitrogens with zero attached hydrogens (tertiary/aromatic N) is 3. The second-order valence-corrected chi connectivity index (χ2v) is 31.0. The molecule has 0 aromatic heterocycles. The van der Waals surface area contributed by atoms with E-state index < -0.39 is 44.4 Å². The van der Waals surface area contributed by atoms with Crippen molar-refractivity contribution in [3.63, 3.8) is 0 Å². The number of amides is 8. The highest BCUT2D eigenvalue weighted by atomic mass is 32.2. The Morgan fingerprint density at radius 2 is 0.935 bits per heavy atom. The molecule has 2 rings (SSSR count). The average Bonchev–Trinajstić information content (AvgIpc) is 2.07. The van der Waals surface area contributed by atoms with E-state index in [9.17, 15) is 38.4 Å². The van der Waals surface area contributed by atoms with Crippen LogP contribution in [0.4, 0.5) is 0 Å². The molecule has 0 bridgehead atoms. The van der Waals surface area contributed by atoms with Gasteiger partial charge in [0.1, 0.15) is 0 Å². The first-order valence-electron chi connectivity index (χ1n) is 34.5. The summed E-state index contributed by atoms with van der Waals surface area (Å²) in [5, 5.41) is 4.86. The van der Waals surface area contributed by atoms with Gasteiger partial charge in [0.25, 0.3) is 0 Å². The third-order valence-corrected chi connectivity index (χ3v) is 20.0. The molecule has 0 aliphatic carbocycles. The summed E-state index contributed by atoms with van der Waals surface area (Å²) in [4.78, 5) is 107. The van der Waals surface area contributed by atoms with Crippen LogP contribution in [0.5, 0.6) is 0 Å². The summed E-state index contributed by atoms with van der Waals surface area (Å²) in [5.41, 5.74) is 2.68. The first-order valence-corrected chi connectivity index (χ1v) is 36.6. The van der Waals surface area contributed by atoms with E-state index in [1.807, 2.05) is 46.4 Å². The van der Waals surface area contributed by atoms with Crippen LogP contribution in [-0.4, -0.2) is 224 Å². The van der Waals surface area contributed by atoms with E-state index in [4.69, 9.17) is 43.6 Å². The number of methoxy groups -OCH3 is 2. The van der Waals surface area contributed by atoms with Gasteiger partial charge in [-0.2, -0.15) is 0 Å². The van der Waals surface area contributed by atoms with Gasteiger partial charge in [0.05, 0.1) is 70.5 Å². The average molecular weight is 1360 g/mol. The minimum absolute atomic E-state index is 0.00404. The van der Waals surface area contributed by atoms with Gasteiger partial charge in [-0.3, -0.25) is 48.2 Å². The molecule has 0 aromatic rings. The molecule has 4 unspecified atom stereocenters. The largest absolute Gasteiger partial charge is 0.381 e. The lowest BCUT2D eigenvalue weighted by atomic mass is 9.82. The number of hydrogen-bond donors (Lipinski definition) is 3. The molecule has 2 aliphatic heterocycles. The fraction of sp³-hybridized carbons (Fsp3) is 0.884. The number of likely N-dealkylation sites (tertiary alicyclic amines) is 2. The first kappa shape index (κ1) is 85.6. The zero-order valence-corrected chi connectivity index (χ0v) is 62.0. The lowest BCUT2D eigenvalue weighted by Crippen LogP contribution is -2.46. The molecule has 4 atom stereocenters. The fourth-order valence-electron chi connectivity index (χ4n) is 11.0. The van der Waals surface area contributed by atoms with Crippen LogP contribution in [0.1, 0.15) is 219 Å². The summed E-state index contributed by atoms with van der Waals surface area (Å²) < 4.78 is 48.2. The second kappa shape index (κ2) is 43.7. The Bertz CT molecular complexity index is 2250. The van der Waals surface area contributed by atoms with Gasteiger partial charge < -0.3 is 59.2 Å². The quantitative estimate of drug-likeness (QED) is 0.0378. The number of rotatable bonds is 56. The van der Waals surface area contributed by atoms with Crippen molar-refractivity contribution < 1.29 is 76.3 Å². The van der Waals surface area contributed by atoms with Gasteiger partial charge >= 0.3 is 0 Å². The number of imide groups is 2. The van der Waals surface area contributed by atoms with Crippen LogP contribution >= 0.6 is 23.5 Å². The zero-order valence-electron chi connectivity index (χ0n) is 60.3. The standard InChI is InChI=1S/C69H126N6O16S2/c1-17-88-64(3,4)46-52(68(11,12)89-18-2)48-86-40-28-34-71-57(77)32-38-74-60(80)44-54(62(74)82)92-42-25-21-19-23-36-73(59(79)31-27-30-56(70)76)37-24-20-22-26-43-93-55-45-61(81)75(63(55)83)39-33-58(78)72-35-29-41-87-49-53(69(13,14)91-51-67(9,10)85-16)47-65(5,6)90-50-66(7,8)84-15/h52-55H,17-51H2,1-16H3,(H2,70,76)(H,71,77)(H,72,78). The van der Waals surface area contributed by atoms with Crippen LogP contribution in [0, 0.1) is 11.8 Å². The summed E-state index contributed by atoms with van der Waals surface area (Å²) in [6, 6.07) is 0. The Labute approximate surface area is 568 Å². The molecule has 24 heteroatoms. The maximum absolute atomic E-state index is 13.3. The molecule has 2 aliphatic rings. The number of nitrogens with two attached hydrogens (primary N) is 1. The van der Waals surface area contributed by atoms with E-state index in [0.717, 1.165) is 57.8 Å². The molecular formula is C69H126N6O16S2. The monoisotopic (exact) mass is 1360 g/mol. The van der Waals surface area contributed by atoms with Crippen LogP contribution in [0.25, 0.3) is 0 Å². The van der Waals surface area contributed by atoms with Crippen molar-refractivity contribution in [2.45, 2.75) is 263 Å². The highest BCUT2D eigenvalue weighted by Crippen LogP contribution is 2.35. The van der Waals surface area contributed by atoms with Gasteiger partial charge in [0.15, 0.2) is 0 Å². The summed E-state index contributed by atoms with van der Waals surface area (Å²) in [7, 11) is 3.34. The molecule has 2 saturated heterocycles. The Kier molecular flexibility index (Phi) is 40.3. The third-order valence-electron chi connectivity index (χ3n) is 17.4. The molecule has 4 N–H and O–H groups in total. The Balaban J connectivity index is 1.69. The third kappa shape index (κ3) is 35.6. The predicted molar refractivity (Wildman–Crippen MR) is 368 cm³/mol. The smallest absolute Gasteiger partial charge is 0.242 e. The maximum Gasteiger partial charge on any atom is 0.242 e. The Morgan fingerprint density at radius 3 is 1.35 bits per heavy atom. The number of hydrogen-bond acceptors (Lipinski definition) is 18. The van der Waals surface area contributed by atoms with Crippen LogP contribution < -0.4 is 16.4 Å². The van der Waals surface area contributed by atoms with Gasteiger partial charge in [0.2, 0.25) is 47.3 Å². The molecule has 0 spiro atoms. The zero-order chi connectivity index (χ0) is 69.9. The van der Waals surface area contributed by atoms with Crippen molar-refractivity contribution in [1.29, 1.82) is 0 Å². The van der Waals surface area contributed by atoms with Crippen LogP contribution in [0.15, 0.2) is 0 Å². The topological polar surface area (TPSA) is 270 Å². The number of carbonyl (C=O) groups is 8. The van der Waals surface area contributed by atoms with Gasteiger partial charge in [-0.05, 0) is 166 Å². The number of unbranched alkanes of at least 4 members (excludes halogenated alkanes) is 6. The first-order chi connectivity index (χ1) is 43.6. The molecule has 2 fully saturated rings. The highest BCUT2D eigenvalue weighted by molar-refractivity contribution is 8.00. The van der Waals surface area contributed by atoms with Crippen LogP contribution in [0.3, 0.4) is 0 Å². The lowest BCUT2D eigenvalue weighted by molar-refractivity contribution is -0.160. The van der Waals surface area contributed by atoms with Crippen LogP contribution in [-0.2, 0) is 76.3 Å². The molecule has 2 heterocycles. The number of primary amides is 1. The summed E-state index contributed by atoms with van der Waals surface area (Å²) in [6.07, 6.45) is 10.6. The number of carbonyl (C=O) groups excluding carboxylic acids is 8. The molecule has 0 aromatic carbocycles. The van der Waals surface area contributed by atoms with E-state index in [1.54, 1.807) is 14.2 Å². The van der Waals surface area contributed by atoms with E-state index in [-0.39, 0.29) is 110 Å². The van der Waals surface area contributed by atoms with E-state index in [0.29, 0.717) is 116 Å². The van der Waals surface area contributed by atoms with Gasteiger partial charge in [0, 0.05) is 130 Å². The van der Waals surface area contributed by atoms with E-state index in [1.165, 1.54) is 33.3 Å². The number of nitrogens with one attached hydrogen (secondary N) is 2. The highest BCUT2D eigenvalue weighted by Gasteiger charge is 2.42. The van der Waals surface area contributed by atoms with Gasteiger partial charge in [-0.25, -0.2) is 0 Å². The van der Waals surface area contributed by atoms with E-state index >= 15 is 0 Å². The summed E-state index contributed by atoms with van der Waals surface area (Å²) in [6.45, 7) is 34.4. The molecule has 540 valence electrons. The van der Waals surface area contributed by atoms with E-state index in [2.05, 4.69) is 66.0 Å². The van der Waals surface area contributed by atoms with Crippen molar-refractivity contribution in [1.82, 2.24) is 25.3 Å². The Hall–Kier alpha value is -3.46. The number of thioether (sulfide) groups is 2. The minimum Gasteiger partial charge on any atom is -0.381 e. The second-order valence-electron chi connectivity index (χ2n) is 28.4.